The zero-order valence-electron chi connectivity index (χ0n) is 11.9. The SMILES string of the molecule is N#CC(CCC(=O)O)(CCC(=O)O)S(=O)(=O)c1ccc(Cl)cc1. The molecule has 0 heterocycles. The van der Waals surface area contributed by atoms with E-state index in [1.54, 1.807) is 6.07 Å². The maximum atomic E-state index is 12.8. The number of carboxylic acid groups (broad SMARTS) is 2. The van der Waals surface area contributed by atoms with E-state index in [2.05, 4.69) is 0 Å². The number of nitriles is 1. The van der Waals surface area contributed by atoms with Crippen molar-refractivity contribution in [3.05, 3.63) is 29.3 Å². The van der Waals surface area contributed by atoms with Gasteiger partial charge in [-0.15, -0.1) is 0 Å². The topological polar surface area (TPSA) is 133 Å². The second-order valence-corrected chi connectivity index (χ2v) is 7.55. The molecule has 9 heteroatoms. The minimum Gasteiger partial charge on any atom is -0.481 e. The van der Waals surface area contributed by atoms with Crippen LogP contribution in [-0.2, 0) is 19.4 Å². The Balaban J connectivity index is 3.34. The molecule has 0 bridgehead atoms. The van der Waals surface area contributed by atoms with Crippen LogP contribution >= 0.6 is 11.6 Å². The van der Waals surface area contributed by atoms with E-state index >= 15 is 0 Å². The quantitative estimate of drug-likeness (QED) is 0.726. The predicted octanol–water partition coefficient (Wildman–Crippen LogP) is 2.11. The zero-order chi connectivity index (χ0) is 17.7. The summed E-state index contributed by atoms with van der Waals surface area (Å²) in [5.74, 6) is -2.54. The first-order valence-electron chi connectivity index (χ1n) is 6.50. The molecule has 0 amide bonds. The lowest BCUT2D eigenvalue weighted by Gasteiger charge is -2.25. The van der Waals surface area contributed by atoms with Crippen molar-refractivity contribution in [2.45, 2.75) is 35.3 Å². The van der Waals surface area contributed by atoms with E-state index < -0.39 is 52.2 Å². The van der Waals surface area contributed by atoms with Gasteiger partial charge >= 0.3 is 11.9 Å². The Morgan fingerprint density at radius 2 is 1.52 bits per heavy atom. The Kier molecular flexibility index (Phi) is 6.12. The summed E-state index contributed by atoms with van der Waals surface area (Å²) in [7, 11) is -4.27. The highest BCUT2D eigenvalue weighted by molar-refractivity contribution is 7.93. The first-order valence-corrected chi connectivity index (χ1v) is 8.36. The molecule has 124 valence electrons. The van der Waals surface area contributed by atoms with Crippen molar-refractivity contribution in [2.24, 2.45) is 0 Å². The minimum absolute atomic E-state index is 0.209. The van der Waals surface area contributed by atoms with Gasteiger partial charge in [0.15, 0.2) is 14.6 Å². The molecule has 0 radical (unpaired) electrons. The van der Waals surface area contributed by atoms with Crippen molar-refractivity contribution < 1.29 is 28.2 Å². The first kappa shape index (κ1) is 18.9. The number of halogens is 1. The van der Waals surface area contributed by atoms with Gasteiger partial charge in [-0.05, 0) is 37.1 Å². The van der Waals surface area contributed by atoms with Crippen LogP contribution < -0.4 is 0 Å². The van der Waals surface area contributed by atoms with E-state index in [0.717, 1.165) is 0 Å². The molecular formula is C14H14ClNO6S. The molecule has 0 saturated carbocycles. The molecular weight excluding hydrogens is 346 g/mol. The summed E-state index contributed by atoms with van der Waals surface area (Å²) in [4.78, 5) is 21.3. The highest BCUT2D eigenvalue weighted by atomic mass is 35.5. The molecule has 1 rings (SSSR count). The molecule has 1 aromatic rings. The summed E-state index contributed by atoms with van der Waals surface area (Å²) < 4.78 is 23.4. The molecule has 7 nitrogen and oxygen atoms in total. The van der Waals surface area contributed by atoms with Crippen molar-refractivity contribution >= 4 is 33.4 Å². The Morgan fingerprint density at radius 3 is 1.87 bits per heavy atom. The number of rotatable bonds is 8. The van der Waals surface area contributed by atoms with Crippen LogP contribution in [0.3, 0.4) is 0 Å². The average Bonchev–Trinajstić information content (AvgIpc) is 2.47. The Morgan fingerprint density at radius 1 is 1.09 bits per heavy atom. The van der Waals surface area contributed by atoms with Gasteiger partial charge < -0.3 is 10.2 Å². The Labute approximate surface area is 138 Å². The smallest absolute Gasteiger partial charge is 0.303 e. The standard InChI is InChI=1S/C14H14ClNO6S/c15-10-1-3-11(4-2-10)23(21,22)14(9-16,7-5-12(17)18)8-6-13(19)20/h1-4H,5-8H2,(H,17,18)(H,19,20). The fourth-order valence-electron chi connectivity index (χ4n) is 2.02. The number of benzene rings is 1. The monoisotopic (exact) mass is 359 g/mol. The van der Waals surface area contributed by atoms with Gasteiger partial charge in [0.1, 0.15) is 0 Å². The molecule has 0 spiro atoms. The van der Waals surface area contributed by atoms with Crippen LogP contribution in [0.25, 0.3) is 0 Å². The van der Waals surface area contributed by atoms with Crippen LogP contribution in [0, 0.1) is 11.3 Å². The first-order chi connectivity index (χ1) is 10.6. The largest absolute Gasteiger partial charge is 0.481 e. The van der Waals surface area contributed by atoms with Gasteiger partial charge in [0, 0.05) is 17.9 Å². The van der Waals surface area contributed by atoms with E-state index in [0.29, 0.717) is 5.02 Å². The summed E-state index contributed by atoms with van der Waals surface area (Å²) >= 11 is 5.70. The van der Waals surface area contributed by atoms with Crippen molar-refractivity contribution in [3.63, 3.8) is 0 Å². The van der Waals surface area contributed by atoms with Gasteiger partial charge in [0.05, 0.1) is 11.0 Å². The van der Waals surface area contributed by atoms with Gasteiger partial charge in [0.25, 0.3) is 0 Å². The molecule has 0 aromatic heterocycles. The number of hydrogen-bond acceptors (Lipinski definition) is 5. The van der Waals surface area contributed by atoms with E-state index in [4.69, 9.17) is 21.8 Å². The third-order valence-corrected chi connectivity index (χ3v) is 6.00. The molecule has 0 saturated heterocycles. The van der Waals surface area contributed by atoms with Gasteiger partial charge in [-0.2, -0.15) is 5.26 Å². The van der Waals surface area contributed by atoms with Gasteiger partial charge in [-0.3, -0.25) is 9.59 Å². The van der Waals surface area contributed by atoms with E-state index in [1.807, 2.05) is 0 Å². The molecule has 0 aliphatic rings. The highest BCUT2D eigenvalue weighted by Crippen LogP contribution is 2.34. The van der Waals surface area contributed by atoms with Crippen molar-refractivity contribution in [3.8, 4) is 6.07 Å². The zero-order valence-corrected chi connectivity index (χ0v) is 13.5. The summed E-state index contributed by atoms with van der Waals surface area (Å²) in [5.41, 5.74) is 0. The Hall–Kier alpha value is -2.11. The highest BCUT2D eigenvalue weighted by Gasteiger charge is 2.45. The summed E-state index contributed by atoms with van der Waals surface area (Å²) in [6.07, 6.45) is -2.14. The van der Waals surface area contributed by atoms with Crippen LogP contribution in [0.4, 0.5) is 0 Å². The fourth-order valence-corrected chi connectivity index (χ4v) is 3.96. The number of nitrogens with zero attached hydrogens (tertiary/aromatic N) is 1. The van der Waals surface area contributed by atoms with Gasteiger partial charge in [0.2, 0.25) is 0 Å². The molecule has 2 N–H and O–H groups in total. The van der Waals surface area contributed by atoms with Crippen LogP contribution in [0.1, 0.15) is 25.7 Å². The van der Waals surface area contributed by atoms with Gasteiger partial charge in [-0.1, -0.05) is 11.6 Å². The predicted molar refractivity (Wildman–Crippen MR) is 80.7 cm³/mol. The number of hydrogen-bond donors (Lipinski definition) is 2. The van der Waals surface area contributed by atoms with E-state index in [9.17, 15) is 23.3 Å². The number of aliphatic carboxylic acids is 2. The second-order valence-electron chi connectivity index (χ2n) is 4.85. The number of carboxylic acids is 2. The number of sulfone groups is 1. The number of carbonyl (C=O) groups is 2. The van der Waals surface area contributed by atoms with Gasteiger partial charge in [-0.25, -0.2) is 8.42 Å². The van der Waals surface area contributed by atoms with Crippen molar-refractivity contribution in [1.82, 2.24) is 0 Å². The molecule has 0 aliphatic heterocycles. The maximum Gasteiger partial charge on any atom is 0.303 e. The molecule has 0 unspecified atom stereocenters. The Bertz CT molecular complexity index is 718. The van der Waals surface area contributed by atoms with Crippen LogP contribution in [0.15, 0.2) is 29.2 Å². The normalized spacial score (nSPS) is 11.7. The summed E-state index contributed by atoms with van der Waals surface area (Å²) in [6.45, 7) is 0. The average molecular weight is 360 g/mol. The van der Waals surface area contributed by atoms with Crippen LogP contribution in [0.2, 0.25) is 5.02 Å². The van der Waals surface area contributed by atoms with Crippen LogP contribution in [0.5, 0.6) is 0 Å². The van der Waals surface area contributed by atoms with Crippen molar-refractivity contribution in [1.29, 1.82) is 5.26 Å². The maximum absolute atomic E-state index is 12.8. The molecule has 23 heavy (non-hydrogen) atoms. The lowest BCUT2D eigenvalue weighted by atomic mass is 9.98. The summed E-state index contributed by atoms with van der Waals surface area (Å²) in [6, 6.07) is 6.68. The van der Waals surface area contributed by atoms with Crippen LogP contribution in [-0.4, -0.2) is 35.3 Å². The summed E-state index contributed by atoms with van der Waals surface area (Å²) in [5, 5.41) is 27.3. The third kappa shape index (κ3) is 4.43. The molecule has 0 atom stereocenters. The minimum atomic E-state index is -4.27. The lowest BCUT2D eigenvalue weighted by Crippen LogP contribution is -2.38. The molecule has 1 aromatic carbocycles. The van der Waals surface area contributed by atoms with E-state index in [-0.39, 0.29) is 4.90 Å². The molecule has 0 fully saturated rings. The molecule has 0 aliphatic carbocycles. The third-order valence-electron chi connectivity index (χ3n) is 3.33. The lowest BCUT2D eigenvalue weighted by molar-refractivity contribution is -0.137. The van der Waals surface area contributed by atoms with E-state index in [1.165, 1.54) is 24.3 Å². The second kappa shape index (κ2) is 7.44. The fraction of sp³-hybridized carbons (Fsp3) is 0.357. The van der Waals surface area contributed by atoms with Crippen molar-refractivity contribution in [2.75, 3.05) is 0 Å².